The Kier molecular flexibility index (Phi) is 31.3. The summed E-state index contributed by atoms with van der Waals surface area (Å²) in [7, 11) is -13.1. The van der Waals surface area contributed by atoms with Gasteiger partial charge in [0.1, 0.15) is 49.5 Å². The number of carbonyl (C=O) groups is 5. The van der Waals surface area contributed by atoms with Crippen LogP contribution in [-0.4, -0.2) is 196 Å². The third-order valence-corrected chi connectivity index (χ3v) is 45.1. The van der Waals surface area contributed by atoms with Crippen LogP contribution in [0.15, 0.2) is 143 Å². The number of hydrogen-bond acceptors (Lipinski definition) is 20. The Balaban J connectivity index is 1.34. The van der Waals surface area contributed by atoms with Gasteiger partial charge in [0.2, 0.25) is 0 Å². The van der Waals surface area contributed by atoms with Crippen molar-refractivity contribution in [2.45, 2.75) is 322 Å². The first-order valence-electron chi connectivity index (χ1n) is 40.2. The Morgan fingerprint density at radius 1 is 0.580 bits per heavy atom. The van der Waals surface area contributed by atoms with Crippen molar-refractivity contribution in [2.75, 3.05) is 34.0 Å². The first-order valence-corrected chi connectivity index (χ1v) is 53.3. The average Bonchev–Trinajstić information content (AvgIpc) is 0.991. The maximum atomic E-state index is 16.4. The van der Waals surface area contributed by atoms with E-state index >= 15 is 13.2 Å². The van der Waals surface area contributed by atoms with Crippen LogP contribution in [0.1, 0.15) is 175 Å². The summed E-state index contributed by atoms with van der Waals surface area (Å²) in [4.78, 5) is 72.2. The molecule has 5 heterocycles. The Morgan fingerprint density at radius 2 is 1.11 bits per heavy atom. The van der Waals surface area contributed by atoms with Gasteiger partial charge in [0.15, 0.2) is 54.7 Å². The summed E-state index contributed by atoms with van der Waals surface area (Å²) in [5.74, 6) is -4.24. The predicted molar refractivity (Wildman–Crippen MR) is 446 cm³/mol. The quantitative estimate of drug-likeness (QED) is 0.0393. The molecule has 3 aromatic carbocycles. The van der Waals surface area contributed by atoms with Gasteiger partial charge in [0, 0.05) is 39.4 Å². The van der Waals surface area contributed by atoms with E-state index in [1.807, 2.05) is 13.0 Å². The van der Waals surface area contributed by atoms with Crippen LogP contribution in [0.25, 0.3) is 0 Å². The molecule has 622 valence electrons. The monoisotopic (exact) mass is 1640 g/mol. The van der Waals surface area contributed by atoms with E-state index in [1.165, 1.54) is 32.4 Å². The minimum Gasteiger partial charge on any atom is -0.459 e. The first kappa shape index (κ1) is 92.3. The zero-order chi connectivity index (χ0) is 82.9. The van der Waals surface area contributed by atoms with E-state index in [0.29, 0.717) is 37.7 Å². The molecule has 20 nitrogen and oxygen atoms in total. The molecule has 0 aromatic heterocycles. The fraction of sp³-hybridized carbons (Fsp3) is 0.644. The maximum Gasteiger partial charge on any atom is 0.338 e. The summed E-state index contributed by atoms with van der Waals surface area (Å²) in [6.07, 6.45) is -2.36. The number of methoxy groups -OCH3 is 2. The van der Waals surface area contributed by atoms with Gasteiger partial charge in [0.25, 0.3) is 0 Å². The highest BCUT2D eigenvalue weighted by Gasteiger charge is 2.60. The van der Waals surface area contributed by atoms with Crippen molar-refractivity contribution in [3.05, 3.63) is 150 Å². The van der Waals surface area contributed by atoms with Gasteiger partial charge in [-0.15, -0.1) is 0 Å². The lowest BCUT2D eigenvalue weighted by molar-refractivity contribution is -0.225. The molecule has 8 unspecified atom stereocenters. The maximum absolute atomic E-state index is 16.4. The zero-order valence-electron chi connectivity index (χ0n) is 71.2. The van der Waals surface area contributed by atoms with E-state index in [0.717, 1.165) is 11.1 Å². The van der Waals surface area contributed by atoms with E-state index in [4.69, 9.17) is 60.3 Å². The summed E-state index contributed by atoms with van der Waals surface area (Å²) < 4.78 is 123. The molecule has 0 saturated carbocycles. The highest BCUT2D eigenvalue weighted by Crippen LogP contribution is 2.50. The molecule has 6 bridgehead atoms. The average molecular weight is 1640 g/mol. The van der Waals surface area contributed by atoms with E-state index in [2.05, 4.69) is 142 Å². The third-order valence-electron chi connectivity index (χ3n) is 25.0. The first-order chi connectivity index (χ1) is 52.1. The molecule has 0 spiro atoms. The van der Waals surface area contributed by atoms with Gasteiger partial charge in [-0.05, 0) is 184 Å². The normalized spacial score (nSPS) is 28.4. The molecule has 16 atom stereocenters. The van der Waals surface area contributed by atoms with E-state index in [-0.39, 0.29) is 99.5 Å². The van der Waals surface area contributed by atoms with E-state index < -0.39 is 158 Å². The number of rotatable bonds is 22. The lowest BCUT2D eigenvalue weighted by Gasteiger charge is -2.56. The number of ketones is 2. The Labute approximate surface area is 673 Å². The van der Waals surface area contributed by atoms with E-state index in [1.54, 1.807) is 91.0 Å². The van der Waals surface area contributed by atoms with Crippen LogP contribution in [0.2, 0.25) is 72.5 Å². The third kappa shape index (κ3) is 23.4. The summed E-state index contributed by atoms with van der Waals surface area (Å²) >= 11 is 0. The molecule has 0 N–H and O–H groups in total. The molecule has 0 aliphatic carbocycles. The molecule has 5 aliphatic heterocycles. The highest BCUT2D eigenvalue weighted by molar-refractivity contribution is 7.92. The molecule has 25 heteroatoms. The molecule has 8 rings (SSSR count). The van der Waals surface area contributed by atoms with Crippen molar-refractivity contribution in [3.63, 3.8) is 0 Å². The standard InChI is InChI=1S/C87H132O20SSi4/c1-57-50-63-47-49-68-58(2)51-62(99-68)46-44-61(88)45-48-70(104-109(17,18)84(3,4)5)77-79(106-111(21,22)86(9,10)11)80(107-112(23,24)87(12,13)14)78(105-110(19,20)85(6,7)8)69(103-77)43-35-34-42-67(89)81(108(93,94)65-40-32-27-33-41-65)75-72(53-71(100-63)66(57)55-97-74(90)56-95-15)102-73(76(75)96-16)52-64(101-83(92)60-38-30-26-31-39-60)54-98-82(91)59-36-28-25-29-37-59/h25-34,36-42,45,48,62-64,68-73,75-81H,2,35,43-44,46-47,49-56H2,1,3-24H3/b42-34-,48-45+/t62-,63?,64-,68?,69-,70?,71?,72-,73?,75-,76-,77-,78-,79?,80?,81?/m0/s1. The summed E-state index contributed by atoms with van der Waals surface area (Å²) in [5, 5.41) is -3.10. The topological polar surface area (TPSA) is 239 Å². The van der Waals surface area contributed by atoms with Crippen molar-refractivity contribution in [3.8, 4) is 0 Å². The van der Waals surface area contributed by atoms with Crippen molar-refractivity contribution in [2.24, 2.45) is 5.92 Å². The fourth-order valence-corrected chi connectivity index (χ4v) is 21.5. The zero-order valence-corrected chi connectivity index (χ0v) is 76.0. The van der Waals surface area contributed by atoms with Crippen LogP contribution in [0.5, 0.6) is 0 Å². The molecular weight excluding hydrogens is 1510 g/mol. The Morgan fingerprint density at radius 3 is 1.67 bits per heavy atom. The number of sulfone groups is 1. The summed E-state index contributed by atoms with van der Waals surface area (Å²) in [6.45, 7) is 49.7. The van der Waals surface area contributed by atoms with E-state index in [9.17, 15) is 19.2 Å². The predicted octanol–water partition coefficient (Wildman–Crippen LogP) is 17.4. The number of allylic oxidation sites excluding steroid dienone is 3. The minimum absolute atomic E-state index is 0.0906. The van der Waals surface area contributed by atoms with Crippen molar-refractivity contribution >= 4 is 72.6 Å². The molecule has 3 aromatic rings. The molecular formula is C87H132O20SSi4. The van der Waals surface area contributed by atoms with Crippen molar-refractivity contribution in [1.82, 2.24) is 0 Å². The second-order valence-corrected chi connectivity index (χ2v) is 58.5. The molecule has 0 amide bonds. The number of hydrogen-bond donors (Lipinski definition) is 0. The van der Waals surface area contributed by atoms with Gasteiger partial charge in [-0.2, -0.15) is 0 Å². The Hall–Kier alpha value is -5.21. The van der Waals surface area contributed by atoms with Crippen molar-refractivity contribution < 1.29 is 92.7 Å². The number of ether oxygens (including phenoxy) is 9. The van der Waals surface area contributed by atoms with Gasteiger partial charge >= 0.3 is 17.9 Å². The highest BCUT2D eigenvalue weighted by atomic mass is 32.2. The summed E-state index contributed by atoms with van der Waals surface area (Å²) in [6, 6.07) is 24.5. The molecule has 0 radical (unpaired) electrons. The molecule has 3 saturated heterocycles. The second-order valence-electron chi connectivity index (χ2n) is 37.4. The van der Waals surface area contributed by atoms with Crippen LogP contribution >= 0.6 is 0 Å². The van der Waals surface area contributed by atoms with Gasteiger partial charge in [-0.3, -0.25) is 9.59 Å². The van der Waals surface area contributed by atoms with Crippen molar-refractivity contribution in [1.29, 1.82) is 0 Å². The van der Waals surface area contributed by atoms with Crippen LogP contribution in [-0.2, 0) is 84.6 Å². The van der Waals surface area contributed by atoms with Gasteiger partial charge < -0.3 is 60.3 Å². The number of fused-ring (bicyclic) bond motifs is 7. The van der Waals surface area contributed by atoms with Gasteiger partial charge in [0.05, 0.1) is 77.1 Å². The van der Waals surface area contributed by atoms with Gasteiger partial charge in [-0.25, -0.2) is 22.8 Å². The number of benzene rings is 3. The number of esters is 3. The van der Waals surface area contributed by atoms with Crippen LogP contribution in [0.4, 0.5) is 0 Å². The largest absolute Gasteiger partial charge is 0.459 e. The van der Waals surface area contributed by atoms with Gasteiger partial charge in [-0.1, -0.05) is 162 Å². The molecule has 112 heavy (non-hydrogen) atoms. The summed E-state index contributed by atoms with van der Waals surface area (Å²) in [5.41, 5.74) is 2.85. The lowest BCUT2D eigenvalue weighted by Crippen LogP contribution is -2.69. The molecule has 5 aliphatic rings. The number of carbonyl (C=O) groups excluding carboxylic acids is 5. The van der Waals surface area contributed by atoms with Crippen LogP contribution in [0.3, 0.4) is 0 Å². The smallest absolute Gasteiger partial charge is 0.338 e. The van der Waals surface area contributed by atoms with Crippen LogP contribution in [0, 0.1) is 5.92 Å². The molecule has 3 fully saturated rings. The Bertz CT molecular complexity index is 3890. The fourth-order valence-electron chi connectivity index (χ4n) is 14.3. The minimum atomic E-state index is -4.75. The van der Waals surface area contributed by atoms with Crippen LogP contribution < -0.4 is 0 Å². The second kappa shape index (κ2) is 38.0. The SMILES string of the molecule is C=C1C[C@@H]2CCC(=O)/C=C/C(O[Si](C)(C)C(C)(C)C)[C@@H]3O[C@@H](CC/C=C\C(=O)C(S(=O)(=O)c4ccccc4)[C@H]4[C@H](CC5OC(CCC1O2)CC(C)=C5COC(=O)COC)OC(C[C@@H](COC(=O)c1ccccc1)OC(=O)c1ccccc1)[C@@H]4OC)[C@H](O[Si](C)(C)C(C)(C)C)C(O[Si](C)(C)C(C)(C)C)C3O[Si](C)(C)C(C)(C)C. The lowest BCUT2D eigenvalue weighted by atomic mass is 9.84.